The number of nitrogens with zero attached hydrogens (tertiary/aromatic N) is 3. The lowest BCUT2D eigenvalue weighted by molar-refractivity contribution is 0.0604. The highest BCUT2D eigenvalue weighted by Gasteiger charge is 2.27. The monoisotopic (exact) mass is 559 g/mol. The summed E-state index contributed by atoms with van der Waals surface area (Å²) in [6.07, 6.45) is -0.959. The minimum atomic E-state index is -0.959. The summed E-state index contributed by atoms with van der Waals surface area (Å²) in [6, 6.07) is 9.26. The molecule has 0 aliphatic heterocycles. The Morgan fingerprint density at radius 2 is 1.92 bits per heavy atom. The van der Waals surface area contributed by atoms with Gasteiger partial charge in [0.1, 0.15) is 40.7 Å². The van der Waals surface area contributed by atoms with E-state index in [1.165, 1.54) is 19.2 Å². The number of ether oxygens (including phenoxy) is 2. The highest BCUT2D eigenvalue weighted by molar-refractivity contribution is 9.10. The molecule has 36 heavy (non-hydrogen) atoms. The number of benzene rings is 1. The number of hydrogen-bond acceptors (Lipinski definition) is 7. The molecule has 2 heterocycles. The molecule has 0 saturated heterocycles. The van der Waals surface area contributed by atoms with Crippen LogP contribution in [0.3, 0.4) is 0 Å². The number of rotatable bonds is 4. The molecule has 0 aliphatic rings. The number of aromatic nitrogens is 1. The second kappa shape index (κ2) is 11.7. The summed E-state index contributed by atoms with van der Waals surface area (Å²) in [5.41, 5.74) is 11.4. The largest absolute Gasteiger partial charge is 0.497 e. The van der Waals surface area contributed by atoms with Crippen LogP contribution in [0.25, 0.3) is 22.6 Å². The molecule has 1 amide bonds. The van der Waals surface area contributed by atoms with Crippen molar-refractivity contribution >= 4 is 33.7 Å². The second-order valence-corrected chi connectivity index (χ2v) is 8.79. The van der Waals surface area contributed by atoms with Crippen LogP contribution in [0.4, 0.5) is 15.0 Å². The van der Waals surface area contributed by atoms with E-state index < -0.39 is 17.5 Å². The van der Waals surface area contributed by atoms with E-state index in [1.807, 2.05) is 19.9 Å². The Kier molecular flexibility index (Phi) is 9.19. The number of furan rings is 1. The standard InChI is InChI=1S/C23H21BrFN5O4.C2H6/c1-23(2,3)34-22(31)30-21(28)18-17(15-7-8-16(24)33-15)13(10-26)19(29-20(18)27)12-6-5-11(32-4)9-14(12)25;1-2/h5-9H,1-4H3,(H2,27,29)(H2,28,30,31);1-2H3. The predicted octanol–water partition coefficient (Wildman–Crippen LogP) is 6.04. The summed E-state index contributed by atoms with van der Waals surface area (Å²) in [7, 11) is 1.40. The van der Waals surface area contributed by atoms with Gasteiger partial charge < -0.3 is 25.4 Å². The van der Waals surface area contributed by atoms with E-state index in [9.17, 15) is 14.4 Å². The molecule has 0 aliphatic carbocycles. The lowest BCUT2D eigenvalue weighted by Gasteiger charge is -2.18. The smallest absolute Gasteiger partial charge is 0.436 e. The normalized spacial score (nSPS) is 11.2. The van der Waals surface area contributed by atoms with E-state index >= 15 is 0 Å². The molecule has 3 aromatic rings. The van der Waals surface area contributed by atoms with Crippen LogP contribution in [0.15, 0.2) is 44.4 Å². The molecule has 0 radical (unpaired) electrons. The fourth-order valence-electron chi connectivity index (χ4n) is 3.12. The zero-order valence-electron chi connectivity index (χ0n) is 20.8. The lowest BCUT2D eigenvalue weighted by atomic mass is 9.94. The zero-order valence-corrected chi connectivity index (χ0v) is 22.4. The van der Waals surface area contributed by atoms with Crippen molar-refractivity contribution in [3.05, 3.63) is 51.9 Å². The minimum Gasteiger partial charge on any atom is -0.497 e. The van der Waals surface area contributed by atoms with Gasteiger partial charge >= 0.3 is 6.09 Å². The highest BCUT2D eigenvalue weighted by Crippen LogP contribution is 2.39. The van der Waals surface area contributed by atoms with Gasteiger partial charge in [-0.15, -0.1) is 0 Å². The number of nitriles is 1. The van der Waals surface area contributed by atoms with Gasteiger partial charge in [-0.25, -0.2) is 14.2 Å². The second-order valence-electron chi connectivity index (χ2n) is 8.01. The fraction of sp³-hybridized carbons (Fsp3) is 0.280. The molecule has 0 atom stereocenters. The van der Waals surface area contributed by atoms with Gasteiger partial charge in [-0.05, 0) is 61.0 Å². The van der Waals surface area contributed by atoms with Crippen LogP contribution in [-0.2, 0) is 4.74 Å². The van der Waals surface area contributed by atoms with Gasteiger partial charge in [0.05, 0.1) is 29.5 Å². The van der Waals surface area contributed by atoms with Gasteiger partial charge in [0.25, 0.3) is 0 Å². The molecule has 0 fully saturated rings. The third kappa shape index (κ3) is 6.40. The number of carbonyl (C=O) groups excluding carboxylic acids is 1. The highest BCUT2D eigenvalue weighted by atomic mass is 79.9. The lowest BCUT2D eigenvalue weighted by Crippen LogP contribution is -2.25. The number of carbonyl (C=O) groups is 1. The number of aliphatic imine (C=N–C) groups is 1. The summed E-state index contributed by atoms with van der Waals surface area (Å²) in [4.78, 5) is 20.2. The SMILES string of the molecule is CC.COc1ccc(-c2nc(N)c(/C(N)=N/C(=O)OC(C)(C)C)c(-c3ccc(Br)o3)c2C#N)c(F)c1. The Hall–Kier alpha value is -3.91. The predicted molar refractivity (Wildman–Crippen MR) is 139 cm³/mol. The van der Waals surface area contributed by atoms with Gasteiger partial charge in [0.15, 0.2) is 4.67 Å². The first-order valence-electron chi connectivity index (χ1n) is 10.9. The van der Waals surface area contributed by atoms with E-state index in [2.05, 4.69) is 25.9 Å². The number of halogens is 2. The Bertz CT molecular complexity index is 1340. The van der Waals surface area contributed by atoms with Crippen molar-refractivity contribution in [2.45, 2.75) is 40.2 Å². The van der Waals surface area contributed by atoms with E-state index in [0.717, 1.165) is 6.07 Å². The molecular weight excluding hydrogens is 533 g/mol. The first kappa shape index (κ1) is 28.3. The van der Waals surface area contributed by atoms with E-state index in [4.69, 9.17) is 25.4 Å². The van der Waals surface area contributed by atoms with Gasteiger partial charge in [0, 0.05) is 11.6 Å². The summed E-state index contributed by atoms with van der Waals surface area (Å²) in [5, 5.41) is 10.0. The van der Waals surface area contributed by atoms with Crippen LogP contribution in [0.1, 0.15) is 45.7 Å². The number of anilines is 1. The molecule has 0 bridgehead atoms. The van der Waals surface area contributed by atoms with Crippen LogP contribution >= 0.6 is 15.9 Å². The van der Waals surface area contributed by atoms with Gasteiger partial charge in [-0.3, -0.25) is 0 Å². The van der Waals surface area contributed by atoms with Crippen molar-refractivity contribution in [1.29, 1.82) is 5.26 Å². The first-order chi connectivity index (χ1) is 16.9. The number of methoxy groups -OCH3 is 1. The average Bonchev–Trinajstić information content (AvgIpc) is 3.24. The maximum atomic E-state index is 14.9. The topological polar surface area (TPSA) is 150 Å². The number of nitrogens with two attached hydrogens (primary N) is 2. The Morgan fingerprint density at radius 1 is 1.25 bits per heavy atom. The molecule has 2 aromatic heterocycles. The molecule has 3 rings (SSSR count). The molecule has 9 nitrogen and oxygen atoms in total. The van der Waals surface area contributed by atoms with Gasteiger partial charge in [-0.2, -0.15) is 10.3 Å². The molecule has 1 aromatic carbocycles. The van der Waals surface area contributed by atoms with E-state index in [-0.39, 0.29) is 51.1 Å². The zero-order chi connectivity index (χ0) is 27.2. The van der Waals surface area contributed by atoms with Crippen LogP contribution in [0.2, 0.25) is 0 Å². The van der Waals surface area contributed by atoms with Crippen LogP contribution in [0, 0.1) is 17.1 Å². The maximum absolute atomic E-state index is 14.9. The molecule has 0 unspecified atom stereocenters. The number of pyridine rings is 1. The summed E-state index contributed by atoms with van der Waals surface area (Å²) in [6.45, 7) is 9.01. The first-order valence-corrected chi connectivity index (χ1v) is 11.6. The molecule has 4 N–H and O–H groups in total. The van der Waals surface area contributed by atoms with Crippen molar-refractivity contribution in [3.63, 3.8) is 0 Å². The van der Waals surface area contributed by atoms with E-state index in [0.29, 0.717) is 4.67 Å². The number of hydrogen-bond donors (Lipinski definition) is 2. The third-order valence-corrected chi connectivity index (χ3v) is 4.88. The summed E-state index contributed by atoms with van der Waals surface area (Å²) < 4.78 is 31.1. The molecule has 11 heteroatoms. The summed E-state index contributed by atoms with van der Waals surface area (Å²) >= 11 is 3.21. The number of amides is 1. The molecule has 190 valence electrons. The molecule has 0 saturated carbocycles. The van der Waals surface area contributed by atoms with Crippen LogP contribution in [-0.4, -0.2) is 29.6 Å². The van der Waals surface area contributed by atoms with Gasteiger partial charge in [0.2, 0.25) is 0 Å². The van der Waals surface area contributed by atoms with Crippen LogP contribution < -0.4 is 16.2 Å². The third-order valence-electron chi connectivity index (χ3n) is 4.45. The minimum absolute atomic E-state index is 0.00474. The quantitative estimate of drug-likeness (QED) is 0.290. The van der Waals surface area contributed by atoms with E-state index in [1.54, 1.807) is 32.9 Å². The van der Waals surface area contributed by atoms with Crippen molar-refractivity contribution < 1.29 is 23.1 Å². The molecular formula is C25H27BrFN5O4. The van der Waals surface area contributed by atoms with Crippen molar-refractivity contribution in [3.8, 4) is 34.4 Å². The van der Waals surface area contributed by atoms with Crippen LogP contribution in [0.5, 0.6) is 5.75 Å². The Morgan fingerprint density at radius 3 is 2.42 bits per heavy atom. The van der Waals surface area contributed by atoms with Gasteiger partial charge in [-0.1, -0.05) is 13.8 Å². The van der Waals surface area contributed by atoms with Crippen molar-refractivity contribution in [1.82, 2.24) is 4.98 Å². The summed E-state index contributed by atoms with van der Waals surface area (Å²) in [5.74, 6) is -0.771. The number of nitrogen functional groups attached to an aromatic ring is 1. The molecule has 0 spiro atoms. The number of amidine groups is 1. The van der Waals surface area contributed by atoms with Crippen molar-refractivity contribution in [2.24, 2.45) is 10.7 Å². The Balaban J connectivity index is 0.00000222. The van der Waals surface area contributed by atoms with Crippen molar-refractivity contribution in [2.75, 3.05) is 12.8 Å². The fourth-order valence-corrected chi connectivity index (χ4v) is 3.42. The Labute approximate surface area is 217 Å². The maximum Gasteiger partial charge on any atom is 0.436 e. The average molecular weight is 560 g/mol.